The van der Waals surface area contributed by atoms with Gasteiger partial charge in [0.2, 0.25) is 0 Å². The van der Waals surface area contributed by atoms with Gasteiger partial charge in [-0.1, -0.05) is 13.8 Å². The van der Waals surface area contributed by atoms with Crippen LogP contribution in [0.25, 0.3) is 0 Å². The lowest BCUT2D eigenvalue weighted by Gasteiger charge is -2.15. The summed E-state index contributed by atoms with van der Waals surface area (Å²) in [6, 6.07) is 0. The summed E-state index contributed by atoms with van der Waals surface area (Å²) >= 11 is 1.66. The van der Waals surface area contributed by atoms with Gasteiger partial charge in [-0.25, -0.2) is 15.0 Å². The standard InChI is InChI=1S/C14H20N4S/c1-8(2)13-9(3)16-12(18-14(13)15-5)6-11-7-19-10(4)17-11/h7-8H,6H2,1-5H3,(H,15,16,18). The molecule has 0 saturated carbocycles. The summed E-state index contributed by atoms with van der Waals surface area (Å²) < 4.78 is 0. The van der Waals surface area contributed by atoms with Crippen LogP contribution in [0.15, 0.2) is 5.38 Å². The Morgan fingerprint density at radius 1 is 1.21 bits per heavy atom. The average molecular weight is 276 g/mol. The Bertz CT molecular complexity index is 575. The molecule has 0 aliphatic rings. The summed E-state index contributed by atoms with van der Waals surface area (Å²) in [4.78, 5) is 13.7. The van der Waals surface area contributed by atoms with Crippen molar-refractivity contribution in [3.8, 4) is 0 Å². The van der Waals surface area contributed by atoms with Gasteiger partial charge in [-0.2, -0.15) is 0 Å². The number of nitrogens with zero attached hydrogens (tertiary/aromatic N) is 3. The molecule has 5 heteroatoms. The van der Waals surface area contributed by atoms with Gasteiger partial charge in [0, 0.05) is 23.7 Å². The largest absolute Gasteiger partial charge is 0.373 e. The van der Waals surface area contributed by atoms with E-state index in [0.29, 0.717) is 12.3 Å². The molecule has 4 nitrogen and oxygen atoms in total. The Balaban J connectivity index is 2.35. The highest BCUT2D eigenvalue weighted by Crippen LogP contribution is 2.25. The van der Waals surface area contributed by atoms with Gasteiger partial charge in [-0.05, 0) is 19.8 Å². The zero-order chi connectivity index (χ0) is 14.0. The molecular weight excluding hydrogens is 256 g/mol. The topological polar surface area (TPSA) is 50.7 Å². The number of aryl methyl sites for hydroxylation is 2. The third-order valence-corrected chi connectivity index (χ3v) is 3.82. The molecule has 2 heterocycles. The second-order valence-corrected chi connectivity index (χ2v) is 5.99. The maximum atomic E-state index is 4.62. The van der Waals surface area contributed by atoms with Crippen LogP contribution in [0.5, 0.6) is 0 Å². The fraction of sp³-hybridized carbons (Fsp3) is 0.500. The first-order chi connectivity index (χ1) is 9.01. The van der Waals surface area contributed by atoms with E-state index in [1.807, 2.05) is 20.9 Å². The number of hydrogen-bond donors (Lipinski definition) is 1. The smallest absolute Gasteiger partial charge is 0.136 e. The zero-order valence-electron chi connectivity index (χ0n) is 12.1. The predicted octanol–water partition coefficient (Wildman–Crippen LogP) is 3.31. The number of hydrogen-bond acceptors (Lipinski definition) is 5. The molecule has 0 spiro atoms. The molecule has 19 heavy (non-hydrogen) atoms. The minimum atomic E-state index is 0.415. The summed E-state index contributed by atoms with van der Waals surface area (Å²) in [6.07, 6.45) is 0.693. The molecule has 2 aromatic rings. The number of rotatable bonds is 4. The van der Waals surface area contributed by atoms with Crippen LogP contribution in [0.4, 0.5) is 5.82 Å². The van der Waals surface area contributed by atoms with Gasteiger partial charge in [0.15, 0.2) is 0 Å². The fourth-order valence-corrected chi connectivity index (χ4v) is 2.86. The highest BCUT2D eigenvalue weighted by atomic mass is 32.1. The quantitative estimate of drug-likeness (QED) is 0.931. The molecule has 0 amide bonds. The summed E-state index contributed by atoms with van der Waals surface area (Å²) in [5, 5.41) is 6.34. The van der Waals surface area contributed by atoms with E-state index in [2.05, 4.69) is 39.5 Å². The molecule has 102 valence electrons. The number of anilines is 1. The molecule has 2 aromatic heterocycles. The highest BCUT2D eigenvalue weighted by molar-refractivity contribution is 7.09. The van der Waals surface area contributed by atoms with Crippen molar-refractivity contribution in [3.05, 3.63) is 33.2 Å². The predicted molar refractivity (Wildman–Crippen MR) is 80.1 cm³/mol. The number of nitrogens with one attached hydrogen (secondary N) is 1. The third-order valence-electron chi connectivity index (χ3n) is 3.00. The maximum absolute atomic E-state index is 4.62. The molecule has 0 saturated heterocycles. The normalized spacial score (nSPS) is 11.1. The van der Waals surface area contributed by atoms with Crippen molar-refractivity contribution >= 4 is 17.2 Å². The SMILES string of the molecule is CNc1nc(Cc2csc(C)n2)nc(C)c1C(C)C. The lowest BCUT2D eigenvalue weighted by atomic mass is 10.0. The van der Waals surface area contributed by atoms with E-state index in [-0.39, 0.29) is 0 Å². The Morgan fingerprint density at radius 2 is 1.95 bits per heavy atom. The van der Waals surface area contributed by atoms with Crippen LogP contribution in [-0.2, 0) is 6.42 Å². The maximum Gasteiger partial charge on any atom is 0.136 e. The zero-order valence-corrected chi connectivity index (χ0v) is 12.9. The van der Waals surface area contributed by atoms with E-state index in [0.717, 1.165) is 28.0 Å². The first-order valence-electron chi connectivity index (χ1n) is 6.47. The van der Waals surface area contributed by atoms with E-state index in [1.54, 1.807) is 11.3 Å². The van der Waals surface area contributed by atoms with E-state index in [9.17, 15) is 0 Å². The van der Waals surface area contributed by atoms with E-state index >= 15 is 0 Å². The number of thiazole rings is 1. The summed E-state index contributed by atoms with van der Waals surface area (Å²) in [5.41, 5.74) is 3.29. The molecule has 0 unspecified atom stereocenters. The molecule has 1 N–H and O–H groups in total. The van der Waals surface area contributed by atoms with Gasteiger partial charge in [-0.3, -0.25) is 0 Å². The van der Waals surface area contributed by atoms with Gasteiger partial charge < -0.3 is 5.32 Å². The lowest BCUT2D eigenvalue weighted by Crippen LogP contribution is -2.09. The Labute approximate surface area is 118 Å². The van der Waals surface area contributed by atoms with Crippen molar-refractivity contribution < 1.29 is 0 Å². The van der Waals surface area contributed by atoms with Crippen LogP contribution in [0, 0.1) is 13.8 Å². The summed E-state index contributed by atoms with van der Waals surface area (Å²) in [6.45, 7) is 8.39. The summed E-state index contributed by atoms with van der Waals surface area (Å²) in [5.74, 6) is 2.18. The molecule has 0 aromatic carbocycles. The van der Waals surface area contributed by atoms with Crippen molar-refractivity contribution in [1.82, 2.24) is 15.0 Å². The second-order valence-electron chi connectivity index (χ2n) is 4.93. The van der Waals surface area contributed by atoms with E-state index in [4.69, 9.17) is 0 Å². The van der Waals surface area contributed by atoms with Crippen LogP contribution in [-0.4, -0.2) is 22.0 Å². The molecule has 0 fully saturated rings. The first-order valence-corrected chi connectivity index (χ1v) is 7.35. The Hall–Kier alpha value is -1.49. The fourth-order valence-electron chi connectivity index (χ4n) is 2.25. The van der Waals surface area contributed by atoms with Gasteiger partial charge in [0.25, 0.3) is 0 Å². The lowest BCUT2D eigenvalue weighted by molar-refractivity contribution is 0.811. The summed E-state index contributed by atoms with van der Waals surface area (Å²) in [7, 11) is 1.91. The highest BCUT2D eigenvalue weighted by Gasteiger charge is 2.14. The molecule has 0 bridgehead atoms. The van der Waals surface area contributed by atoms with Gasteiger partial charge in [-0.15, -0.1) is 11.3 Å². The van der Waals surface area contributed by atoms with E-state index in [1.165, 1.54) is 5.56 Å². The van der Waals surface area contributed by atoms with Crippen molar-refractivity contribution in [3.63, 3.8) is 0 Å². The monoisotopic (exact) mass is 276 g/mol. The van der Waals surface area contributed by atoms with Gasteiger partial charge >= 0.3 is 0 Å². The molecule has 0 radical (unpaired) electrons. The molecule has 2 rings (SSSR count). The molecule has 0 aliphatic heterocycles. The van der Waals surface area contributed by atoms with Crippen LogP contribution >= 0.6 is 11.3 Å². The Kier molecular flexibility index (Phi) is 4.14. The van der Waals surface area contributed by atoms with Crippen molar-refractivity contribution in [2.24, 2.45) is 0 Å². The van der Waals surface area contributed by atoms with Crippen LogP contribution < -0.4 is 5.32 Å². The first kappa shape index (κ1) is 13.9. The van der Waals surface area contributed by atoms with Gasteiger partial charge in [0.05, 0.1) is 17.1 Å². The molecular formula is C14H20N4S. The third kappa shape index (κ3) is 3.10. The van der Waals surface area contributed by atoms with Crippen LogP contribution in [0.3, 0.4) is 0 Å². The minimum Gasteiger partial charge on any atom is -0.373 e. The second kappa shape index (κ2) is 5.65. The molecule has 0 aliphatic carbocycles. The van der Waals surface area contributed by atoms with E-state index < -0.39 is 0 Å². The number of aromatic nitrogens is 3. The van der Waals surface area contributed by atoms with Crippen molar-refractivity contribution in [2.45, 2.75) is 40.0 Å². The van der Waals surface area contributed by atoms with Crippen molar-refractivity contribution in [2.75, 3.05) is 12.4 Å². The molecule has 0 atom stereocenters. The van der Waals surface area contributed by atoms with Gasteiger partial charge in [0.1, 0.15) is 11.6 Å². The average Bonchev–Trinajstić information content (AvgIpc) is 2.73. The van der Waals surface area contributed by atoms with Crippen LogP contribution in [0.2, 0.25) is 0 Å². The minimum absolute atomic E-state index is 0.415. The Morgan fingerprint density at radius 3 is 2.47 bits per heavy atom. The van der Waals surface area contributed by atoms with Crippen LogP contribution in [0.1, 0.15) is 47.5 Å². The van der Waals surface area contributed by atoms with Crippen molar-refractivity contribution in [1.29, 1.82) is 0 Å².